The van der Waals surface area contributed by atoms with Crippen LogP contribution < -0.4 is 10.4 Å². The average molecular weight is 543 g/mol. The molecule has 0 amide bonds. The van der Waals surface area contributed by atoms with E-state index in [0.29, 0.717) is 19.4 Å². The number of carbonyl (C=O) groups excluding carboxylic acids is 1. The minimum absolute atomic E-state index is 0.0117. The molecule has 0 spiro atoms. The van der Waals surface area contributed by atoms with Crippen LogP contribution in [0.4, 0.5) is 0 Å². The van der Waals surface area contributed by atoms with Crippen LogP contribution in [0, 0.1) is 0 Å². The third kappa shape index (κ3) is 6.63. The zero-order valence-electron chi connectivity index (χ0n) is 23.9. The molecule has 1 aliphatic rings. The molecule has 0 radical (unpaired) electrons. The molecule has 0 saturated carbocycles. The summed E-state index contributed by atoms with van der Waals surface area (Å²) in [7, 11) is -4.72. The maximum atomic E-state index is 12.2. The van der Waals surface area contributed by atoms with Crippen molar-refractivity contribution in [2.45, 2.75) is 102 Å². The minimum Gasteiger partial charge on any atom is -0.457 e. The number of esters is 1. The van der Waals surface area contributed by atoms with Crippen molar-refractivity contribution in [2.75, 3.05) is 6.61 Å². The Labute approximate surface area is 225 Å². The topological polar surface area (TPSA) is 65.0 Å². The highest BCUT2D eigenvalue weighted by atomic mass is 28.4. The maximum absolute atomic E-state index is 12.2. The van der Waals surface area contributed by atoms with E-state index in [1.54, 1.807) is 0 Å². The Kier molecular flexibility index (Phi) is 9.28. The van der Waals surface area contributed by atoms with Crippen molar-refractivity contribution < 1.29 is 23.5 Å². The van der Waals surface area contributed by atoms with Crippen molar-refractivity contribution in [3.05, 3.63) is 60.7 Å². The lowest BCUT2D eigenvalue weighted by Crippen LogP contribution is -2.66. The van der Waals surface area contributed by atoms with E-state index in [2.05, 4.69) is 103 Å². The number of aliphatic hydroxyl groups is 1. The van der Waals surface area contributed by atoms with Crippen LogP contribution in [-0.4, -0.2) is 52.6 Å². The summed E-state index contributed by atoms with van der Waals surface area (Å²) in [6, 6.07) is 21.1. The van der Waals surface area contributed by atoms with Gasteiger partial charge in [-0.15, -0.1) is 0 Å². The van der Waals surface area contributed by atoms with Crippen molar-refractivity contribution >= 4 is 33.0 Å². The van der Waals surface area contributed by atoms with Crippen LogP contribution >= 0.6 is 0 Å². The molecule has 0 unspecified atom stereocenters. The number of ether oxygens (including phenoxy) is 1. The molecule has 1 N–H and O–H groups in total. The van der Waals surface area contributed by atoms with Crippen LogP contribution in [-0.2, 0) is 18.4 Å². The monoisotopic (exact) mass is 542 g/mol. The average Bonchev–Trinajstić information content (AvgIpc) is 3.18. The SMILES string of the molecule is CC(C)(C)[Si](C)(C)O[C@H]1CC(=O)O[C@@H]1[C@@H](O)CCCO[Si](c1ccccc1)(c1ccccc1)C(C)(C)C. The van der Waals surface area contributed by atoms with Gasteiger partial charge in [-0.05, 0) is 46.4 Å². The Bertz CT molecular complexity index is 972. The third-order valence-corrected chi connectivity index (χ3v) is 17.6. The normalized spacial score (nSPS) is 20.1. The van der Waals surface area contributed by atoms with Gasteiger partial charge < -0.3 is 18.7 Å². The number of benzene rings is 2. The molecule has 1 aliphatic heterocycles. The summed E-state index contributed by atoms with van der Waals surface area (Å²) in [5, 5.41) is 13.5. The minimum atomic E-state index is -2.62. The first-order valence-electron chi connectivity index (χ1n) is 13.5. The summed E-state index contributed by atoms with van der Waals surface area (Å²) in [5.41, 5.74) is 0. The predicted octanol–water partition coefficient (Wildman–Crippen LogP) is 5.41. The van der Waals surface area contributed by atoms with Crippen LogP contribution in [0.3, 0.4) is 0 Å². The van der Waals surface area contributed by atoms with E-state index >= 15 is 0 Å². The summed E-state index contributed by atoms with van der Waals surface area (Å²) >= 11 is 0. The van der Waals surface area contributed by atoms with E-state index in [1.165, 1.54) is 10.4 Å². The van der Waals surface area contributed by atoms with Gasteiger partial charge in [0.05, 0.1) is 18.6 Å². The lowest BCUT2D eigenvalue weighted by atomic mass is 10.0. The van der Waals surface area contributed by atoms with E-state index in [4.69, 9.17) is 13.6 Å². The molecule has 1 saturated heterocycles. The molecule has 7 heteroatoms. The number of cyclic esters (lactones) is 1. The summed E-state index contributed by atoms with van der Waals surface area (Å²) in [6.07, 6.45) is -0.480. The molecule has 0 aromatic heterocycles. The summed E-state index contributed by atoms with van der Waals surface area (Å²) in [4.78, 5) is 12.2. The Morgan fingerprint density at radius 2 is 1.43 bits per heavy atom. The van der Waals surface area contributed by atoms with Gasteiger partial charge in [0.1, 0.15) is 0 Å². The van der Waals surface area contributed by atoms with Crippen LogP contribution in [0.5, 0.6) is 0 Å². The first-order chi connectivity index (χ1) is 17.2. The number of hydrogen-bond donors (Lipinski definition) is 1. The first kappa shape index (κ1) is 29.8. The summed E-state index contributed by atoms with van der Waals surface area (Å²) in [5.74, 6) is -0.295. The molecule has 0 aliphatic carbocycles. The zero-order valence-corrected chi connectivity index (χ0v) is 25.9. The predicted molar refractivity (Wildman–Crippen MR) is 155 cm³/mol. The Morgan fingerprint density at radius 3 is 1.89 bits per heavy atom. The highest BCUT2D eigenvalue weighted by Gasteiger charge is 2.50. The fraction of sp³-hybridized carbons (Fsp3) is 0.567. The van der Waals surface area contributed by atoms with Gasteiger partial charge in [-0.2, -0.15) is 0 Å². The zero-order chi connectivity index (χ0) is 27.5. The Morgan fingerprint density at radius 1 is 0.919 bits per heavy atom. The molecule has 5 nitrogen and oxygen atoms in total. The highest BCUT2D eigenvalue weighted by Crippen LogP contribution is 2.40. The maximum Gasteiger partial charge on any atom is 0.308 e. The number of hydrogen-bond acceptors (Lipinski definition) is 5. The smallest absolute Gasteiger partial charge is 0.308 e. The fourth-order valence-corrected chi connectivity index (χ4v) is 10.9. The largest absolute Gasteiger partial charge is 0.457 e. The second-order valence-corrected chi connectivity index (χ2v) is 21.9. The van der Waals surface area contributed by atoms with E-state index in [1.807, 2.05) is 12.1 Å². The van der Waals surface area contributed by atoms with Gasteiger partial charge in [0.2, 0.25) is 0 Å². The molecule has 2 aromatic rings. The van der Waals surface area contributed by atoms with Gasteiger partial charge in [0.15, 0.2) is 14.4 Å². The van der Waals surface area contributed by atoms with Crippen LogP contribution in [0.25, 0.3) is 0 Å². The van der Waals surface area contributed by atoms with Crippen molar-refractivity contribution in [3.63, 3.8) is 0 Å². The molecule has 2 aromatic carbocycles. The van der Waals surface area contributed by atoms with Gasteiger partial charge in [-0.25, -0.2) is 0 Å². The van der Waals surface area contributed by atoms with Crippen LogP contribution in [0.15, 0.2) is 60.7 Å². The van der Waals surface area contributed by atoms with E-state index in [-0.39, 0.29) is 22.5 Å². The molecule has 204 valence electrons. The molecule has 37 heavy (non-hydrogen) atoms. The molecule has 0 bridgehead atoms. The van der Waals surface area contributed by atoms with Crippen LogP contribution in [0.1, 0.15) is 60.8 Å². The molecule has 1 fully saturated rings. The summed E-state index contributed by atoms with van der Waals surface area (Å²) in [6.45, 7) is 18.1. The highest BCUT2D eigenvalue weighted by molar-refractivity contribution is 6.99. The van der Waals surface area contributed by atoms with Crippen molar-refractivity contribution in [1.29, 1.82) is 0 Å². The molecule has 3 atom stereocenters. The lowest BCUT2D eigenvalue weighted by Gasteiger charge is -2.43. The molecule has 1 heterocycles. The number of rotatable bonds is 10. The Balaban J connectivity index is 1.73. The van der Waals surface area contributed by atoms with Crippen molar-refractivity contribution in [1.82, 2.24) is 0 Å². The van der Waals surface area contributed by atoms with Crippen molar-refractivity contribution in [2.24, 2.45) is 0 Å². The van der Waals surface area contributed by atoms with Gasteiger partial charge in [0.25, 0.3) is 8.32 Å². The van der Waals surface area contributed by atoms with E-state index in [9.17, 15) is 9.90 Å². The molecular weight excluding hydrogens is 496 g/mol. The lowest BCUT2D eigenvalue weighted by molar-refractivity contribution is -0.146. The molecular formula is C30H46O5Si2. The van der Waals surface area contributed by atoms with Gasteiger partial charge >= 0.3 is 5.97 Å². The standard InChI is InChI=1S/C30H46O5Si2/c1-29(2,3)36(7,8)35-26-22-27(32)34-28(26)25(31)20-15-21-33-37(30(4,5)6,23-16-11-9-12-17-23)24-18-13-10-14-19-24/h9-14,16-19,25-26,28,31H,15,20-22H2,1-8H3/t25-,26-,28+/m0/s1. The summed E-state index contributed by atoms with van der Waals surface area (Å²) < 4.78 is 19.0. The van der Waals surface area contributed by atoms with E-state index < -0.39 is 34.9 Å². The van der Waals surface area contributed by atoms with Crippen molar-refractivity contribution in [3.8, 4) is 0 Å². The molecule has 3 rings (SSSR count). The first-order valence-corrected chi connectivity index (χ1v) is 18.3. The Hall–Kier alpha value is -1.78. The van der Waals surface area contributed by atoms with Gasteiger partial charge in [-0.1, -0.05) is 102 Å². The van der Waals surface area contributed by atoms with E-state index in [0.717, 1.165) is 0 Å². The number of carbonyl (C=O) groups is 1. The quantitative estimate of drug-likeness (QED) is 0.247. The second kappa shape index (κ2) is 11.5. The van der Waals surface area contributed by atoms with Gasteiger partial charge in [0, 0.05) is 6.61 Å². The number of aliphatic hydroxyl groups excluding tert-OH is 1. The second-order valence-electron chi connectivity index (χ2n) is 12.8. The van der Waals surface area contributed by atoms with Gasteiger partial charge in [-0.3, -0.25) is 4.79 Å². The van der Waals surface area contributed by atoms with Crippen LogP contribution in [0.2, 0.25) is 23.2 Å². The fourth-order valence-electron chi connectivity index (χ4n) is 4.99. The third-order valence-electron chi connectivity index (χ3n) is 8.01.